The molecule has 6 heteroatoms. The van der Waals surface area contributed by atoms with E-state index < -0.39 is 17.6 Å². The lowest BCUT2D eigenvalue weighted by atomic mass is 10.1. The number of halogens is 2. The molecule has 0 bridgehead atoms. The first-order chi connectivity index (χ1) is 9.49. The third-order valence-electron chi connectivity index (χ3n) is 2.66. The minimum Gasteiger partial charge on any atom is -0.486 e. The number of ether oxygens (including phenoxy) is 1. The van der Waals surface area contributed by atoms with Crippen molar-refractivity contribution in [3.8, 4) is 5.75 Å². The molecule has 2 aromatic carbocycles. The summed E-state index contributed by atoms with van der Waals surface area (Å²) in [5.74, 6) is -2.70. The molecule has 0 saturated heterocycles. The van der Waals surface area contributed by atoms with Crippen LogP contribution in [0.15, 0.2) is 36.4 Å². The number of carbonyl (C=O) groups is 1. The Hall–Kier alpha value is -2.63. The summed E-state index contributed by atoms with van der Waals surface area (Å²) in [6.07, 6.45) is 0. The van der Waals surface area contributed by atoms with Crippen molar-refractivity contribution in [3.63, 3.8) is 0 Å². The van der Waals surface area contributed by atoms with Crippen LogP contribution in [0.1, 0.15) is 15.9 Å². The summed E-state index contributed by atoms with van der Waals surface area (Å²) in [6.45, 7) is -0.249. The van der Waals surface area contributed by atoms with E-state index >= 15 is 0 Å². The summed E-state index contributed by atoms with van der Waals surface area (Å²) >= 11 is 0. The highest BCUT2D eigenvalue weighted by Gasteiger charge is 2.15. The number of hydrogen-bond acceptors (Lipinski definition) is 3. The van der Waals surface area contributed by atoms with Gasteiger partial charge in [0.2, 0.25) is 0 Å². The zero-order chi connectivity index (χ0) is 14.7. The zero-order valence-corrected chi connectivity index (χ0v) is 10.3. The molecule has 0 aliphatic rings. The Kier molecular flexibility index (Phi) is 3.84. The van der Waals surface area contributed by atoms with Crippen LogP contribution in [0.4, 0.5) is 14.5 Å². The summed E-state index contributed by atoms with van der Waals surface area (Å²) in [5, 5.41) is 9.02. The molecule has 0 atom stereocenters. The second-order valence-electron chi connectivity index (χ2n) is 4.05. The average molecular weight is 279 g/mol. The zero-order valence-electron chi connectivity index (χ0n) is 10.3. The molecule has 20 heavy (non-hydrogen) atoms. The number of rotatable bonds is 4. The van der Waals surface area contributed by atoms with Gasteiger partial charge in [-0.15, -0.1) is 0 Å². The maximum atomic E-state index is 13.4. The Bertz CT molecular complexity index is 659. The normalized spacial score (nSPS) is 10.3. The molecule has 0 radical (unpaired) electrons. The van der Waals surface area contributed by atoms with Gasteiger partial charge < -0.3 is 15.6 Å². The molecule has 104 valence electrons. The van der Waals surface area contributed by atoms with Crippen LogP contribution in [-0.2, 0) is 6.61 Å². The molecule has 0 unspecified atom stereocenters. The quantitative estimate of drug-likeness (QED) is 0.844. The second-order valence-corrected chi connectivity index (χ2v) is 4.05. The number of carboxylic acid groups (broad SMARTS) is 1. The van der Waals surface area contributed by atoms with Crippen LogP contribution in [0, 0.1) is 11.6 Å². The Morgan fingerprint density at radius 1 is 1.25 bits per heavy atom. The first-order valence-electron chi connectivity index (χ1n) is 5.67. The van der Waals surface area contributed by atoms with Gasteiger partial charge in [-0.3, -0.25) is 0 Å². The molecular formula is C14H11F2NO3. The van der Waals surface area contributed by atoms with E-state index in [9.17, 15) is 13.6 Å². The van der Waals surface area contributed by atoms with Gasteiger partial charge in [0.05, 0.1) is 5.69 Å². The highest BCUT2D eigenvalue weighted by molar-refractivity contribution is 5.93. The van der Waals surface area contributed by atoms with Crippen molar-refractivity contribution in [2.45, 2.75) is 6.61 Å². The topological polar surface area (TPSA) is 72.6 Å². The SMILES string of the molecule is Nc1cccc(C(=O)O)c1OCc1ccc(F)cc1F. The number of carboxylic acids is 1. The summed E-state index contributed by atoms with van der Waals surface area (Å²) in [6, 6.07) is 7.32. The summed E-state index contributed by atoms with van der Waals surface area (Å²) < 4.78 is 31.5. The molecule has 0 heterocycles. The van der Waals surface area contributed by atoms with Gasteiger partial charge in [-0.25, -0.2) is 13.6 Å². The molecule has 0 aliphatic carbocycles. The van der Waals surface area contributed by atoms with E-state index in [-0.39, 0.29) is 29.2 Å². The van der Waals surface area contributed by atoms with E-state index in [1.807, 2.05) is 0 Å². The molecular weight excluding hydrogens is 268 g/mol. The first-order valence-corrected chi connectivity index (χ1v) is 5.67. The Morgan fingerprint density at radius 3 is 2.65 bits per heavy atom. The summed E-state index contributed by atoms with van der Waals surface area (Å²) in [7, 11) is 0. The molecule has 0 fully saturated rings. The van der Waals surface area contributed by atoms with Crippen molar-refractivity contribution in [1.29, 1.82) is 0 Å². The van der Waals surface area contributed by atoms with Gasteiger partial charge in [-0.1, -0.05) is 6.07 Å². The maximum Gasteiger partial charge on any atom is 0.339 e. The number of benzene rings is 2. The van der Waals surface area contributed by atoms with Crippen molar-refractivity contribution >= 4 is 11.7 Å². The highest BCUT2D eigenvalue weighted by atomic mass is 19.1. The number of para-hydroxylation sites is 1. The van der Waals surface area contributed by atoms with E-state index in [4.69, 9.17) is 15.6 Å². The van der Waals surface area contributed by atoms with E-state index in [1.54, 1.807) is 0 Å². The second kappa shape index (κ2) is 5.56. The number of anilines is 1. The lowest BCUT2D eigenvalue weighted by Crippen LogP contribution is -2.07. The van der Waals surface area contributed by atoms with Crippen LogP contribution >= 0.6 is 0 Å². The van der Waals surface area contributed by atoms with Crippen molar-refractivity contribution in [2.24, 2.45) is 0 Å². The fourth-order valence-corrected chi connectivity index (χ4v) is 1.67. The minimum absolute atomic E-state index is 0.0382. The molecule has 2 aromatic rings. The van der Waals surface area contributed by atoms with Crippen molar-refractivity contribution in [3.05, 3.63) is 59.2 Å². The van der Waals surface area contributed by atoms with Crippen LogP contribution < -0.4 is 10.5 Å². The van der Waals surface area contributed by atoms with Crippen molar-refractivity contribution in [2.75, 3.05) is 5.73 Å². The number of nitrogens with two attached hydrogens (primary N) is 1. The largest absolute Gasteiger partial charge is 0.486 e. The third kappa shape index (κ3) is 2.85. The molecule has 2 rings (SSSR count). The molecule has 0 saturated carbocycles. The molecule has 4 nitrogen and oxygen atoms in total. The molecule has 0 aliphatic heterocycles. The number of nitrogen functional groups attached to an aromatic ring is 1. The standard InChI is InChI=1S/C14H11F2NO3/c15-9-5-4-8(11(16)6-9)7-20-13-10(14(18)19)2-1-3-12(13)17/h1-6H,7,17H2,(H,18,19). The van der Waals surface area contributed by atoms with Gasteiger partial charge in [0.25, 0.3) is 0 Å². The van der Waals surface area contributed by atoms with E-state index in [2.05, 4.69) is 0 Å². The lowest BCUT2D eigenvalue weighted by Gasteiger charge is -2.12. The smallest absolute Gasteiger partial charge is 0.339 e. The lowest BCUT2D eigenvalue weighted by molar-refractivity contribution is 0.0692. The molecule has 0 aromatic heterocycles. The summed E-state index contributed by atoms with van der Waals surface area (Å²) in [5.41, 5.74) is 5.76. The van der Waals surface area contributed by atoms with Gasteiger partial charge in [-0.2, -0.15) is 0 Å². The summed E-state index contributed by atoms with van der Waals surface area (Å²) in [4.78, 5) is 11.0. The highest BCUT2D eigenvalue weighted by Crippen LogP contribution is 2.27. The number of hydrogen-bond donors (Lipinski definition) is 2. The Labute approximate surface area is 113 Å². The van der Waals surface area contributed by atoms with Crippen LogP contribution in [0.25, 0.3) is 0 Å². The van der Waals surface area contributed by atoms with Crippen LogP contribution in [0.2, 0.25) is 0 Å². The fraction of sp³-hybridized carbons (Fsp3) is 0.0714. The maximum absolute atomic E-state index is 13.4. The van der Waals surface area contributed by atoms with Gasteiger partial charge in [0.15, 0.2) is 5.75 Å². The predicted octanol–water partition coefficient (Wildman–Crippen LogP) is 2.82. The Morgan fingerprint density at radius 2 is 2.00 bits per heavy atom. The first kappa shape index (κ1) is 13.8. The van der Waals surface area contributed by atoms with E-state index in [1.165, 1.54) is 24.3 Å². The average Bonchev–Trinajstić information content (AvgIpc) is 2.38. The van der Waals surface area contributed by atoms with E-state index in [0.717, 1.165) is 12.1 Å². The monoisotopic (exact) mass is 279 g/mol. The van der Waals surface area contributed by atoms with Crippen molar-refractivity contribution < 1.29 is 23.4 Å². The van der Waals surface area contributed by atoms with Gasteiger partial charge >= 0.3 is 5.97 Å². The predicted molar refractivity (Wildman–Crippen MR) is 68.5 cm³/mol. The van der Waals surface area contributed by atoms with Gasteiger partial charge in [-0.05, 0) is 24.3 Å². The molecule has 0 amide bonds. The van der Waals surface area contributed by atoms with Crippen molar-refractivity contribution in [1.82, 2.24) is 0 Å². The van der Waals surface area contributed by atoms with Gasteiger partial charge in [0.1, 0.15) is 23.8 Å². The number of aromatic carboxylic acids is 1. The fourth-order valence-electron chi connectivity index (χ4n) is 1.67. The van der Waals surface area contributed by atoms with Gasteiger partial charge in [0, 0.05) is 11.6 Å². The molecule has 0 spiro atoms. The minimum atomic E-state index is -1.20. The van der Waals surface area contributed by atoms with Crippen LogP contribution in [0.3, 0.4) is 0 Å². The van der Waals surface area contributed by atoms with E-state index in [0.29, 0.717) is 0 Å². The van der Waals surface area contributed by atoms with Crippen LogP contribution in [0.5, 0.6) is 5.75 Å². The Balaban J connectivity index is 2.25. The third-order valence-corrected chi connectivity index (χ3v) is 2.66. The molecule has 3 N–H and O–H groups in total. The van der Waals surface area contributed by atoms with Crippen LogP contribution in [-0.4, -0.2) is 11.1 Å².